The van der Waals surface area contributed by atoms with E-state index in [1.165, 1.54) is 0 Å². The number of rotatable bonds is 3. The van der Waals surface area contributed by atoms with Crippen LogP contribution in [0.25, 0.3) is 22.4 Å². The first kappa shape index (κ1) is 10.5. The topological polar surface area (TPSA) is 92.0 Å². The number of aromatic nitrogens is 3. The summed E-state index contributed by atoms with van der Waals surface area (Å²) in [4.78, 5) is 13.6. The molecule has 0 aliphatic carbocycles. The van der Waals surface area contributed by atoms with Crippen LogP contribution in [0.4, 0.5) is 0 Å². The predicted octanol–water partition coefficient (Wildman–Crippen LogP) is 1.84. The van der Waals surface area contributed by atoms with Gasteiger partial charge in [0.05, 0.1) is 0 Å². The zero-order valence-corrected chi connectivity index (χ0v) is 9.25. The monoisotopic (exact) mass is 243 g/mol. The summed E-state index contributed by atoms with van der Waals surface area (Å²) in [7, 11) is 0. The van der Waals surface area contributed by atoms with Crippen LogP contribution in [0.5, 0.6) is 0 Å². The third kappa shape index (κ3) is 1.84. The van der Waals surface area contributed by atoms with E-state index < -0.39 is 5.97 Å². The number of carboxylic acid groups (broad SMARTS) is 1. The van der Waals surface area contributed by atoms with Crippen LogP contribution in [-0.4, -0.2) is 26.3 Å². The van der Waals surface area contributed by atoms with Crippen molar-refractivity contribution in [2.24, 2.45) is 0 Å². The summed E-state index contributed by atoms with van der Waals surface area (Å²) >= 11 is 0. The van der Waals surface area contributed by atoms with Crippen molar-refractivity contribution < 1.29 is 14.3 Å². The molecule has 0 unspecified atom stereocenters. The SMILES string of the molecule is O=C(O)Cc1nnc(-c2ccc3[nH]ccc3c2)o1. The van der Waals surface area contributed by atoms with Gasteiger partial charge in [-0.05, 0) is 24.3 Å². The highest BCUT2D eigenvalue weighted by Crippen LogP contribution is 2.22. The normalized spacial score (nSPS) is 10.9. The molecule has 0 amide bonds. The second-order valence-electron chi connectivity index (χ2n) is 3.85. The standard InChI is InChI=1S/C12H9N3O3/c16-11(17)6-10-14-15-12(18-10)8-1-2-9-7(5-8)3-4-13-9/h1-5,13H,6H2,(H,16,17). The van der Waals surface area contributed by atoms with E-state index in [2.05, 4.69) is 15.2 Å². The second kappa shape index (κ2) is 3.99. The van der Waals surface area contributed by atoms with Crippen LogP contribution in [-0.2, 0) is 11.2 Å². The molecule has 3 aromatic rings. The molecule has 18 heavy (non-hydrogen) atoms. The number of carbonyl (C=O) groups is 1. The molecular formula is C12H9N3O3. The first-order valence-corrected chi connectivity index (χ1v) is 5.34. The third-order valence-corrected chi connectivity index (χ3v) is 2.57. The van der Waals surface area contributed by atoms with Gasteiger partial charge in [-0.3, -0.25) is 4.79 Å². The highest BCUT2D eigenvalue weighted by molar-refractivity contribution is 5.83. The van der Waals surface area contributed by atoms with Gasteiger partial charge in [0.15, 0.2) is 0 Å². The maximum Gasteiger partial charge on any atom is 0.312 e. The van der Waals surface area contributed by atoms with Gasteiger partial charge >= 0.3 is 5.97 Å². The summed E-state index contributed by atoms with van der Waals surface area (Å²) in [6.45, 7) is 0. The third-order valence-electron chi connectivity index (χ3n) is 2.57. The fraction of sp³-hybridized carbons (Fsp3) is 0.0833. The van der Waals surface area contributed by atoms with E-state index in [4.69, 9.17) is 9.52 Å². The molecule has 1 aromatic carbocycles. The van der Waals surface area contributed by atoms with Gasteiger partial charge in [-0.25, -0.2) is 0 Å². The number of nitrogens with one attached hydrogen (secondary N) is 1. The van der Waals surface area contributed by atoms with Gasteiger partial charge in [0.1, 0.15) is 6.42 Å². The van der Waals surface area contributed by atoms with Crippen molar-refractivity contribution in [3.63, 3.8) is 0 Å². The smallest absolute Gasteiger partial charge is 0.312 e. The molecule has 0 radical (unpaired) electrons. The second-order valence-corrected chi connectivity index (χ2v) is 3.85. The van der Waals surface area contributed by atoms with Crippen molar-refractivity contribution in [3.05, 3.63) is 36.4 Å². The quantitative estimate of drug-likeness (QED) is 0.732. The summed E-state index contributed by atoms with van der Waals surface area (Å²) in [5.41, 5.74) is 1.79. The Morgan fingerprint density at radius 2 is 2.22 bits per heavy atom. The summed E-state index contributed by atoms with van der Waals surface area (Å²) < 4.78 is 5.29. The number of hydrogen-bond donors (Lipinski definition) is 2. The minimum absolute atomic E-state index is 0.103. The van der Waals surface area contributed by atoms with E-state index in [0.29, 0.717) is 5.89 Å². The Kier molecular flexibility index (Phi) is 2.33. The first-order chi connectivity index (χ1) is 8.72. The van der Waals surface area contributed by atoms with Crippen LogP contribution in [0, 0.1) is 0 Å². The average molecular weight is 243 g/mol. The predicted molar refractivity (Wildman–Crippen MR) is 62.9 cm³/mol. The lowest BCUT2D eigenvalue weighted by Gasteiger charge is -1.95. The Labute approximate surface area is 101 Å². The highest BCUT2D eigenvalue weighted by Gasteiger charge is 2.11. The fourth-order valence-corrected chi connectivity index (χ4v) is 1.76. The molecule has 0 fully saturated rings. The highest BCUT2D eigenvalue weighted by atomic mass is 16.4. The first-order valence-electron chi connectivity index (χ1n) is 5.34. The molecule has 6 nitrogen and oxygen atoms in total. The summed E-state index contributed by atoms with van der Waals surface area (Å²) in [5.74, 6) is -0.563. The maximum atomic E-state index is 10.5. The Morgan fingerprint density at radius 1 is 1.33 bits per heavy atom. The van der Waals surface area contributed by atoms with Gasteiger partial charge in [-0.15, -0.1) is 10.2 Å². The van der Waals surface area contributed by atoms with E-state index in [1.54, 1.807) is 0 Å². The van der Waals surface area contributed by atoms with Gasteiger partial charge in [0, 0.05) is 22.7 Å². The Morgan fingerprint density at radius 3 is 3.06 bits per heavy atom. The van der Waals surface area contributed by atoms with Gasteiger partial charge in [-0.1, -0.05) is 0 Å². The van der Waals surface area contributed by atoms with Crippen molar-refractivity contribution in [3.8, 4) is 11.5 Å². The van der Waals surface area contributed by atoms with Gasteiger partial charge in [0.25, 0.3) is 0 Å². The molecule has 0 saturated heterocycles. The van der Waals surface area contributed by atoms with Crippen LogP contribution in [0.3, 0.4) is 0 Å². The maximum absolute atomic E-state index is 10.5. The fourth-order valence-electron chi connectivity index (χ4n) is 1.76. The van der Waals surface area contributed by atoms with Crippen molar-refractivity contribution in [1.29, 1.82) is 0 Å². The van der Waals surface area contributed by atoms with Gasteiger partial charge in [-0.2, -0.15) is 0 Å². The minimum atomic E-state index is -0.994. The zero-order chi connectivity index (χ0) is 12.5. The number of H-pyrrole nitrogens is 1. The molecule has 2 heterocycles. The number of hydrogen-bond acceptors (Lipinski definition) is 4. The number of aliphatic carboxylic acids is 1. The van der Waals surface area contributed by atoms with Crippen LogP contribution >= 0.6 is 0 Å². The Balaban J connectivity index is 1.97. The molecule has 2 N–H and O–H groups in total. The average Bonchev–Trinajstić information content (AvgIpc) is 2.95. The van der Waals surface area contributed by atoms with E-state index in [0.717, 1.165) is 16.5 Å². The molecular weight excluding hydrogens is 234 g/mol. The van der Waals surface area contributed by atoms with Crippen molar-refractivity contribution >= 4 is 16.9 Å². The number of benzene rings is 1. The van der Waals surface area contributed by atoms with Gasteiger partial charge in [0.2, 0.25) is 11.8 Å². The van der Waals surface area contributed by atoms with Crippen LogP contribution in [0.1, 0.15) is 5.89 Å². The molecule has 0 saturated carbocycles. The molecule has 0 atom stereocenters. The lowest BCUT2D eigenvalue weighted by atomic mass is 10.1. The largest absolute Gasteiger partial charge is 0.481 e. The van der Waals surface area contributed by atoms with Gasteiger partial charge < -0.3 is 14.5 Å². The molecule has 0 spiro atoms. The lowest BCUT2D eigenvalue weighted by molar-refractivity contribution is -0.136. The summed E-state index contributed by atoms with van der Waals surface area (Å²) in [5, 5.41) is 17.2. The number of fused-ring (bicyclic) bond motifs is 1. The number of carboxylic acids is 1. The molecule has 0 aliphatic rings. The number of aromatic amines is 1. The van der Waals surface area contributed by atoms with E-state index in [-0.39, 0.29) is 12.3 Å². The van der Waals surface area contributed by atoms with Crippen molar-refractivity contribution in [1.82, 2.24) is 15.2 Å². The Bertz CT molecular complexity index is 714. The summed E-state index contributed by atoms with van der Waals surface area (Å²) in [6, 6.07) is 7.60. The van der Waals surface area contributed by atoms with E-state index in [1.807, 2.05) is 30.5 Å². The van der Waals surface area contributed by atoms with Crippen LogP contribution in [0.2, 0.25) is 0 Å². The molecule has 6 heteroatoms. The van der Waals surface area contributed by atoms with E-state index >= 15 is 0 Å². The molecule has 0 aliphatic heterocycles. The minimum Gasteiger partial charge on any atom is -0.481 e. The molecule has 0 bridgehead atoms. The van der Waals surface area contributed by atoms with Crippen molar-refractivity contribution in [2.75, 3.05) is 0 Å². The molecule has 2 aromatic heterocycles. The van der Waals surface area contributed by atoms with Crippen LogP contribution in [0.15, 0.2) is 34.9 Å². The van der Waals surface area contributed by atoms with Crippen molar-refractivity contribution in [2.45, 2.75) is 6.42 Å². The van der Waals surface area contributed by atoms with E-state index in [9.17, 15) is 4.79 Å². The Hall–Kier alpha value is -2.63. The molecule has 90 valence electrons. The number of nitrogens with zero attached hydrogens (tertiary/aromatic N) is 2. The molecule has 3 rings (SSSR count). The summed E-state index contributed by atoms with van der Waals surface area (Å²) in [6.07, 6.45) is 1.58. The zero-order valence-electron chi connectivity index (χ0n) is 9.25. The lowest BCUT2D eigenvalue weighted by Crippen LogP contribution is -1.99. The van der Waals surface area contributed by atoms with Crippen LogP contribution < -0.4 is 0 Å².